The number of hydrogen-bond donors (Lipinski definition) is 1. The van der Waals surface area contributed by atoms with E-state index in [1.54, 1.807) is 5.01 Å². The van der Waals surface area contributed by atoms with E-state index in [9.17, 15) is 9.59 Å². The second-order valence-electron chi connectivity index (χ2n) is 4.42. The summed E-state index contributed by atoms with van der Waals surface area (Å²) in [7, 11) is 0. The molecule has 0 saturated carbocycles. The number of nitrogens with one attached hydrogen (secondary N) is 1. The number of hydrogen-bond acceptors (Lipinski definition) is 4. The fourth-order valence-corrected chi connectivity index (χ4v) is 1.81. The van der Waals surface area contributed by atoms with Gasteiger partial charge >= 0.3 is 6.09 Å². The van der Waals surface area contributed by atoms with Crippen molar-refractivity contribution in [3.63, 3.8) is 0 Å². The van der Waals surface area contributed by atoms with E-state index in [1.807, 2.05) is 37.3 Å². The summed E-state index contributed by atoms with van der Waals surface area (Å²) in [6, 6.07) is 9.44. The van der Waals surface area contributed by atoms with Gasteiger partial charge in [0, 0.05) is 12.5 Å². The molecule has 18 heavy (non-hydrogen) atoms. The average Bonchev–Trinajstić information content (AvgIpc) is 2.67. The largest absolute Gasteiger partial charge is 0.444 e. The highest BCUT2D eigenvalue weighted by molar-refractivity contribution is 5.85. The van der Waals surface area contributed by atoms with Crippen molar-refractivity contribution < 1.29 is 14.3 Å². The molecule has 5 nitrogen and oxygen atoms in total. The van der Waals surface area contributed by atoms with Gasteiger partial charge in [0.15, 0.2) is 5.78 Å². The molecule has 1 heterocycles. The van der Waals surface area contributed by atoms with Crippen LogP contribution in [0.1, 0.15) is 12.5 Å². The van der Waals surface area contributed by atoms with E-state index in [0.717, 1.165) is 5.56 Å². The zero-order valence-corrected chi connectivity index (χ0v) is 10.3. The van der Waals surface area contributed by atoms with Crippen LogP contribution in [-0.2, 0) is 16.1 Å². The fraction of sp³-hybridized carbons (Fsp3) is 0.385. The minimum Gasteiger partial charge on any atom is -0.444 e. The van der Waals surface area contributed by atoms with Crippen LogP contribution in [0.2, 0.25) is 0 Å². The minimum atomic E-state index is -0.527. The summed E-state index contributed by atoms with van der Waals surface area (Å²) in [6.45, 7) is 2.87. The van der Waals surface area contributed by atoms with Crippen LogP contribution < -0.4 is 5.43 Å². The number of Topliss-reactive ketones (excluding diaryl/α,β-unsaturated/α-hetero) is 1. The number of rotatable bonds is 3. The van der Waals surface area contributed by atoms with Gasteiger partial charge in [-0.25, -0.2) is 9.80 Å². The molecule has 1 N–H and O–H groups in total. The molecule has 1 aromatic carbocycles. The molecule has 1 fully saturated rings. The first-order valence-corrected chi connectivity index (χ1v) is 5.90. The van der Waals surface area contributed by atoms with Crippen LogP contribution in [0.25, 0.3) is 0 Å². The van der Waals surface area contributed by atoms with Gasteiger partial charge in [-0.1, -0.05) is 37.3 Å². The summed E-state index contributed by atoms with van der Waals surface area (Å²) < 4.78 is 5.06. The van der Waals surface area contributed by atoms with Gasteiger partial charge in [0.05, 0.1) is 6.54 Å². The molecular formula is C13H16N2O3. The number of benzene rings is 1. The van der Waals surface area contributed by atoms with Crippen LogP contribution in [0.4, 0.5) is 4.79 Å². The summed E-state index contributed by atoms with van der Waals surface area (Å²) in [6.07, 6.45) is -0.527. The summed E-state index contributed by atoms with van der Waals surface area (Å²) in [4.78, 5) is 22.8. The molecule has 1 aliphatic heterocycles. The molecule has 2 rings (SSSR count). The molecule has 1 aromatic rings. The Labute approximate surface area is 106 Å². The van der Waals surface area contributed by atoms with Gasteiger partial charge in [0.25, 0.3) is 0 Å². The average molecular weight is 248 g/mol. The van der Waals surface area contributed by atoms with Crippen molar-refractivity contribution in [1.29, 1.82) is 0 Å². The van der Waals surface area contributed by atoms with Crippen molar-refractivity contribution in [2.45, 2.75) is 13.5 Å². The highest BCUT2D eigenvalue weighted by atomic mass is 16.6. The van der Waals surface area contributed by atoms with Crippen LogP contribution in [-0.4, -0.2) is 30.0 Å². The smallest absolute Gasteiger partial charge is 0.422 e. The monoisotopic (exact) mass is 248 g/mol. The van der Waals surface area contributed by atoms with Crippen LogP contribution in [0.5, 0.6) is 0 Å². The Bertz CT molecular complexity index is 433. The maximum absolute atomic E-state index is 11.5. The molecule has 1 atom stereocenters. The van der Waals surface area contributed by atoms with Gasteiger partial charge in [0.1, 0.15) is 6.61 Å². The van der Waals surface area contributed by atoms with Gasteiger partial charge < -0.3 is 4.74 Å². The summed E-state index contributed by atoms with van der Waals surface area (Å²) >= 11 is 0. The van der Waals surface area contributed by atoms with E-state index in [4.69, 9.17) is 4.74 Å². The lowest BCUT2D eigenvalue weighted by Gasteiger charge is -2.15. The van der Waals surface area contributed by atoms with Gasteiger partial charge in [-0.15, -0.1) is 0 Å². The van der Waals surface area contributed by atoms with E-state index in [-0.39, 0.29) is 24.9 Å². The van der Waals surface area contributed by atoms with E-state index < -0.39 is 6.09 Å². The summed E-state index contributed by atoms with van der Waals surface area (Å²) in [5, 5.41) is 1.58. The van der Waals surface area contributed by atoms with Crippen LogP contribution in [0.15, 0.2) is 30.3 Å². The molecule has 1 aliphatic rings. The maximum atomic E-state index is 11.5. The Morgan fingerprint density at radius 2 is 2.17 bits per heavy atom. The Morgan fingerprint density at radius 3 is 2.78 bits per heavy atom. The van der Waals surface area contributed by atoms with Crippen molar-refractivity contribution in [2.75, 3.05) is 13.1 Å². The molecule has 0 aromatic heterocycles. The third-order valence-corrected chi connectivity index (χ3v) is 2.85. The normalized spacial score (nSPS) is 19.8. The third-order valence-electron chi connectivity index (χ3n) is 2.85. The first-order chi connectivity index (χ1) is 8.65. The molecule has 96 valence electrons. The number of carbonyl (C=O) groups is 2. The third kappa shape index (κ3) is 3.30. The Hall–Kier alpha value is -1.88. The Morgan fingerprint density at radius 1 is 1.44 bits per heavy atom. The number of ether oxygens (including phenoxy) is 1. The number of hydrazine groups is 1. The molecule has 1 saturated heterocycles. The fourth-order valence-electron chi connectivity index (χ4n) is 1.81. The molecule has 0 radical (unpaired) electrons. The van der Waals surface area contributed by atoms with E-state index in [0.29, 0.717) is 6.54 Å². The maximum Gasteiger partial charge on any atom is 0.422 e. The lowest BCUT2D eigenvalue weighted by Crippen LogP contribution is -2.41. The van der Waals surface area contributed by atoms with Crippen molar-refractivity contribution >= 4 is 11.9 Å². The quantitative estimate of drug-likeness (QED) is 0.877. The number of carbonyl (C=O) groups excluding carboxylic acids is 2. The predicted molar refractivity (Wildman–Crippen MR) is 65.5 cm³/mol. The molecule has 0 aliphatic carbocycles. The lowest BCUT2D eigenvalue weighted by molar-refractivity contribution is -0.119. The highest BCUT2D eigenvalue weighted by Gasteiger charge is 2.28. The standard InChI is InChI=1S/C13H16N2O3/c1-10-7-15(8-12(10)16)14-13(17)18-9-11-5-3-2-4-6-11/h2-6,10H,7-9H2,1H3,(H,14,17). The molecule has 1 unspecified atom stereocenters. The summed E-state index contributed by atoms with van der Waals surface area (Å²) in [5.41, 5.74) is 3.49. The lowest BCUT2D eigenvalue weighted by atomic mass is 10.1. The van der Waals surface area contributed by atoms with Gasteiger partial charge in [-0.3, -0.25) is 10.2 Å². The molecular weight excluding hydrogens is 232 g/mol. The van der Waals surface area contributed by atoms with Crippen LogP contribution in [0.3, 0.4) is 0 Å². The van der Waals surface area contributed by atoms with Gasteiger partial charge in [-0.2, -0.15) is 0 Å². The van der Waals surface area contributed by atoms with Gasteiger partial charge in [-0.05, 0) is 5.56 Å². The second-order valence-corrected chi connectivity index (χ2v) is 4.42. The topological polar surface area (TPSA) is 58.6 Å². The first-order valence-electron chi connectivity index (χ1n) is 5.90. The van der Waals surface area contributed by atoms with Crippen molar-refractivity contribution in [1.82, 2.24) is 10.4 Å². The SMILES string of the molecule is CC1CN(NC(=O)OCc2ccccc2)CC1=O. The molecule has 1 amide bonds. The second kappa shape index (κ2) is 5.64. The first kappa shape index (κ1) is 12.6. The van der Waals surface area contributed by atoms with Crippen molar-refractivity contribution in [3.05, 3.63) is 35.9 Å². The molecule has 0 spiro atoms. The minimum absolute atomic E-state index is 0.0283. The molecule has 5 heteroatoms. The predicted octanol–water partition coefficient (Wildman–Crippen LogP) is 1.35. The zero-order valence-electron chi connectivity index (χ0n) is 10.3. The number of amides is 1. The van der Waals surface area contributed by atoms with E-state index >= 15 is 0 Å². The summed E-state index contributed by atoms with van der Waals surface area (Å²) in [5.74, 6) is 0.109. The Kier molecular flexibility index (Phi) is 3.94. The van der Waals surface area contributed by atoms with E-state index in [1.165, 1.54) is 0 Å². The van der Waals surface area contributed by atoms with Gasteiger partial charge in [0.2, 0.25) is 0 Å². The van der Waals surface area contributed by atoms with Crippen molar-refractivity contribution in [2.24, 2.45) is 5.92 Å². The van der Waals surface area contributed by atoms with Crippen LogP contribution >= 0.6 is 0 Å². The highest BCUT2D eigenvalue weighted by Crippen LogP contribution is 2.09. The van der Waals surface area contributed by atoms with E-state index in [2.05, 4.69) is 5.43 Å². The zero-order chi connectivity index (χ0) is 13.0. The van der Waals surface area contributed by atoms with Crippen LogP contribution in [0, 0.1) is 5.92 Å². The number of nitrogens with zero attached hydrogens (tertiary/aromatic N) is 1. The Balaban J connectivity index is 1.75. The number of ketones is 1. The van der Waals surface area contributed by atoms with Crippen molar-refractivity contribution in [3.8, 4) is 0 Å². The molecule has 0 bridgehead atoms.